The third-order valence-corrected chi connectivity index (χ3v) is 5.52. The molecular weight excluding hydrogens is 327 g/mol. The Labute approximate surface area is 150 Å². The molecule has 1 aliphatic carbocycles. The van der Waals surface area contributed by atoms with Gasteiger partial charge in [-0.05, 0) is 49.9 Å². The molecule has 1 aromatic rings. The predicted octanol–water partition coefficient (Wildman–Crippen LogP) is 3.57. The maximum atomic E-state index is 13.7. The van der Waals surface area contributed by atoms with Crippen molar-refractivity contribution >= 4 is 18.3 Å². The van der Waals surface area contributed by atoms with E-state index in [-0.39, 0.29) is 35.5 Å². The lowest BCUT2D eigenvalue weighted by atomic mass is 9.69. The smallest absolute Gasteiger partial charge is 0.224 e. The number of amides is 1. The van der Waals surface area contributed by atoms with Gasteiger partial charge in [0.2, 0.25) is 5.91 Å². The zero-order valence-corrected chi connectivity index (χ0v) is 15.0. The van der Waals surface area contributed by atoms with Crippen molar-refractivity contribution in [3.8, 4) is 0 Å². The predicted molar refractivity (Wildman–Crippen MR) is 97.0 cm³/mol. The summed E-state index contributed by atoms with van der Waals surface area (Å²) < 4.78 is 13.7. The molecule has 1 aliphatic heterocycles. The van der Waals surface area contributed by atoms with Crippen molar-refractivity contribution in [1.82, 2.24) is 10.6 Å². The van der Waals surface area contributed by atoms with Gasteiger partial charge < -0.3 is 10.6 Å². The van der Waals surface area contributed by atoms with Gasteiger partial charge in [-0.15, -0.1) is 12.4 Å². The van der Waals surface area contributed by atoms with E-state index >= 15 is 0 Å². The number of carbonyl (C=O) groups is 1. The fourth-order valence-electron chi connectivity index (χ4n) is 4.09. The number of benzene rings is 1. The first-order chi connectivity index (χ1) is 11.2. The molecule has 0 bridgehead atoms. The van der Waals surface area contributed by atoms with Crippen molar-refractivity contribution in [2.75, 3.05) is 19.6 Å². The van der Waals surface area contributed by atoms with E-state index in [1.165, 1.54) is 12.5 Å². The van der Waals surface area contributed by atoms with Crippen LogP contribution in [0.25, 0.3) is 0 Å². The highest BCUT2D eigenvalue weighted by atomic mass is 35.5. The lowest BCUT2D eigenvalue weighted by Crippen LogP contribution is -2.46. The average Bonchev–Trinajstić information content (AvgIpc) is 2.61. The van der Waals surface area contributed by atoms with Gasteiger partial charge in [-0.25, -0.2) is 4.39 Å². The van der Waals surface area contributed by atoms with Gasteiger partial charge in [0.15, 0.2) is 0 Å². The summed E-state index contributed by atoms with van der Waals surface area (Å²) in [7, 11) is 0. The molecule has 2 N–H and O–H groups in total. The Kier molecular flexibility index (Phi) is 7.05. The average molecular weight is 355 g/mol. The quantitative estimate of drug-likeness (QED) is 0.868. The Bertz CT molecular complexity index is 540. The highest BCUT2D eigenvalue weighted by Gasteiger charge is 2.35. The minimum absolute atomic E-state index is 0. The van der Waals surface area contributed by atoms with Gasteiger partial charge in [-0.2, -0.15) is 0 Å². The first kappa shape index (κ1) is 19.2. The van der Waals surface area contributed by atoms with E-state index in [0.29, 0.717) is 6.54 Å². The van der Waals surface area contributed by atoms with Crippen LogP contribution in [-0.4, -0.2) is 25.5 Å². The molecular formula is C19H28ClFN2O. The van der Waals surface area contributed by atoms with E-state index < -0.39 is 0 Å². The summed E-state index contributed by atoms with van der Waals surface area (Å²) in [4.78, 5) is 12.5. The molecule has 1 amide bonds. The summed E-state index contributed by atoms with van der Waals surface area (Å²) in [5.41, 5.74) is 0.942. The van der Waals surface area contributed by atoms with Crippen LogP contribution < -0.4 is 10.6 Å². The minimum Gasteiger partial charge on any atom is -0.355 e. The third-order valence-electron chi connectivity index (χ3n) is 5.52. The largest absolute Gasteiger partial charge is 0.355 e. The Hall–Kier alpha value is -1.13. The minimum atomic E-state index is -0.185. The Morgan fingerprint density at radius 1 is 1.25 bits per heavy atom. The van der Waals surface area contributed by atoms with Crippen LogP contribution in [0.4, 0.5) is 4.39 Å². The summed E-state index contributed by atoms with van der Waals surface area (Å²) in [6, 6.07) is 6.95. The number of hydrogen-bond acceptors (Lipinski definition) is 2. The fourth-order valence-corrected chi connectivity index (χ4v) is 4.09. The molecule has 3 nitrogen and oxygen atoms in total. The van der Waals surface area contributed by atoms with E-state index in [0.717, 1.165) is 57.2 Å². The molecule has 24 heavy (non-hydrogen) atoms. The second-order valence-corrected chi connectivity index (χ2v) is 7.11. The van der Waals surface area contributed by atoms with Gasteiger partial charge in [0, 0.05) is 18.5 Å². The van der Waals surface area contributed by atoms with Gasteiger partial charge in [0.1, 0.15) is 5.82 Å². The monoisotopic (exact) mass is 354 g/mol. The topological polar surface area (TPSA) is 41.1 Å². The Morgan fingerprint density at radius 3 is 2.71 bits per heavy atom. The van der Waals surface area contributed by atoms with E-state index in [1.807, 2.05) is 6.07 Å². The normalized spacial score (nSPS) is 23.1. The molecule has 1 atom stereocenters. The summed E-state index contributed by atoms with van der Waals surface area (Å²) in [5.74, 6) is 0.0470. The molecule has 0 radical (unpaired) electrons. The summed E-state index contributed by atoms with van der Waals surface area (Å²) in [6.45, 7) is 2.42. The van der Waals surface area contributed by atoms with Gasteiger partial charge >= 0.3 is 0 Å². The number of halogens is 2. The number of hydrogen-bond donors (Lipinski definition) is 2. The van der Waals surface area contributed by atoms with Crippen LogP contribution in [0, 0.1) is 11.7 Å². The molecule has 0 spiro atoms. The van der Waals surface area contributed by atoms with Crippen molar-refractivity contribution in [3.05, 3.63) is 35.6 Å². The zero-order chi connectivity index (χ0) is 16.1. The molecule has 5 heteroatoms. The second-order valence-electron chi connectivity index (χ2n) is 7.11. The van der Waals surface area contributed by atoms with E-state index in [1.54, 1.807) is 12.1 Å². The fraction of sp³-hybridized carbons (Fsp3) is 0.632. The van der Waals surface area contributed by atoms with Crippen molar-refractivity contribution in [2.45, 2.75) is 50.4 Å². The van der Waals surface area contributed by atoms with Crippen LogP contribution in [0.15, 0.2) is 24.3 Å². The molecule has 1 heterocycles. The highest BCUT2D eigenvalue weighted by Crippen LogP contribution is 2.39. The van der Waals surface area contributed by atoms with Crippen LogP contribution in [0.1, 0.15) is 50.5 Å². The number of piperidine rings is 1. The van der Waals surface area contributed by atoms with Gasteiger partial charge in [0.05, 0.1) is 5.92 Å². The molecule has 2 aliphatic rings. The second kappa shape index (κ2) is 8.82. The lowest BCUT2D eigenvalue weighted by Gasteiger charge is -2.38. The molecule has 0 aromatic heterocycles. The van der Waals surface area contributed by atoms with Gasteiger partial charge in [0.25, 0.3) is 0 Å². The first-order valence-electron chi connectivity index (χ1n) is 8.94. The van der Waals surface area contributed by atoms with Gasteiger partial charge in [-0.3, -0.25) is 4.79 Å². The SMILES string of the molecule is Cl.O=C(NCC1(c2cccc(F)c2)CCCCC1)C1CCCNC1. The lowest BCUT2D eigenvalue weighted by molar-refractivity contribution is -0.125. The van der Waals surface area contributed by atoms with Crippen LogP contribution in [0.5, 0.6) is 0 Å². The zero-order valence-electron chi connectivity index (χ0n) is 14.2. The summed E-state index contributed by atoms with van der Waals surface area (Å²) >= 11 is 0. The van der Waals surface area contributed by atoms with Crippen molar-refractivity contribution < 1.29 is 9.18 Å². The Balaban J connectivity index is 0.00000208. The molecule has 2 fully saturated rings. The molecule has 3 rings (SSSR count). The maximum absolute atomic E-state index is 13.7. The van der Waals surface area contributed by atoms with Crippen LogP contribution >= 0.6 is 12.4 Å². The number of carbonyl (C=O) groups excluding carboxylic acids is 1. The highest BCUT2D eigenvalue weighted by molar-refractivity contribution is 5.85. The molecule has 1 unspecified atom stereocenters. The van der Waals surface area contributed by atoms with Crippen molar-refractivity contribution in [1.29, 1.82) is 0 Å². The summed E-state index contributed by atoms with van der Waals surface area (Å²) in [5, 5.41) is 6.47. The third kappa shape index (κ3) is 4.48. The summed E-state index contributed by atoms with van der Waals surface area (Å²) in [6.07, 6.45) is 7.62. The Morgan fingerprint density at radius 2 is 2.04 bits per heavy atom. The standard InChI is InChI=1S/C19H27FN2O.ClH/c20-17-8-4-7-16(12-17)19(9-2-1-3-10-19)14-22-18(23)15-6-5-11-21-13-15;/h4,7-8,12,15,21H,1-3,5-6,9-11,13-14H2,(H,22,23);1H. The van der Waals surface area contributed by atoms with E-state index in [9.17, 15) is 9.18 Å². The maximum Gasteiger partial charge on any atom is 0.224 e. The molecule has 1 saturated heterocycles. The molecule has 1 aromatic carbocycles. The molecule has 1 saturated carbocycles. The van der Waals surface area contributed by atoms with Crippen molar-refractivity contribution in [3.63, 3.8) is 0 Å². The molecule has 134 valence electrons. The van der Waals surface area contributed by atoms with Crippen LogP contribution in [-0.2, 0) is 10.2 Å². The first-order valence-corrected chi connectivity index (χ1v) is 8.94. The van der Waals surface area contributed by atoms with E-state index in [2.05, 4.69) is 10.6 Å². The number of nitrogens with one attached hydrogen (secondary N) is 2. The van der Waals surface area contributed by atoms with Crippen LogP contribution in [0.2, 0.25) is 0 Å². The van der Waals surface area contributed by atoms with Crippen molar-refractivity contribution in [2.24, 2.45) is 5.92 Å². The number of rotatable bonds is 4. The van der Waals surface area contributed by atoms with Gasteiger partial charge in [-0.1, -0.05) is 31.4 Å². The van der Waals surface area contributed by atoms with E-state index in [4.69, 9.17) is 0 Å². The van der Waals surface area contributed by atoms with Crippen LogP contribution in [0.3, 0.4) is 0 Å².